The van der Waals surface area contributed by atoms with Crippen molar-refractivity contribution in [2.45, 2.75) is 11.2 Å². The summed E-state index contributed by atoms with van der Waals surface area (Å²) in [5.74, 6) is -0.258. The van der Waals surface area contributed by atoms with Crippen molar-refractivity contribution in [1.29, 1.82) is 0 Å². The van der Waals surface area contributed by atoms with Gasteiger partial charge in [0.1, 0.15) is 4.83 Å². The molecule has 1 aromatic heterocycles. The SMILES string of the molecule is COC(=O)C(Br)CNCCc1ccc(Cl)s1. The molecule has 0 aromatic carbocycles. The van der Waals surface area contributed by atoms with Crippen molar-refractivity contribution < 1.29 is 9.53 Å². The lowest BCUT2D eigenvalue weighted by Gasteiger charge is -2.08. The first-order chi connectivity index (χ1) is 7.63. The van der Waals surface area contributed by atoms with Gasteiger partial charge in [-0.15, -0.1) is 11.3 Å². The minimum Gasteiger partial charge on any atom is -0.468 e. The van der Waals surface area contributed by atoms with Crippen LogP contribution in [-0.2, 0) is 16.0 Å². The first kappa shape index (κ1) is 14.0. The Balaban J connectivity index is 2.14. The van der Waals surface area contributed by atoms with Crippen LogP contribution in [0.25, 0.3) is 0 Å². The van der Waals surface area contributed by atoms with Gasteiger partial charge in [0.05, 0.1) is 11.4 Å². The summed E-state index contributed by atoms with van der Waals surface area (Å²) in [4.78, 5) is 12.0. The maximum Gasteiger partial charge on any atom is 0.320 e. The van der Waals surface area contributed by atoms with E-state index in [4.69, 9.17) is 11.6 Å². The number of hydrogen-bond donors (Lipinski definition) is 1. The standard InChI is InChI=1S/C10H13BrClNO2S/c1-15-10(14)8(11)6-13-5-4-7-2-3-9(12)16-7/h2-3,8,13H,4-6H2,1H3. The summed E-state index contributed by atoms with van der Waals surface area (Å²) in [6.45, 7) is 1.38. The second-order valence-electron chi connectivity index (χ2n) is 3.15. The highest BCUT2D eigenvalue weighted by Gasteiger charge is 2.13. The van der Waals surface area contributed by atoms with Crippen LogP contribution in [0.3, 0.4) is 0 Å². The monoisotopic (exact) mass is 325 g/mol. The summed E-state index contributed by atoms with van der Waals surface area (Å²) in [6, 6.07) is 3.91. The van der Waals surface area contributed by atoms with E-state index in [1.807, 2.05) is 12.1 Å². The molecule has 1 rings (SSSR count). The molecule has 0 radical (unpaired) electrons. The minimum absolute atomic E-state index is 0.258. The van der Waals surface area contributed by atoms with Crippen LogP contribution in [0.15, 0.2) is 12.1 Å². The molecule has 16 heavy (non-hydrogen) atoms. The number of esters is 1. The summed E-state index contributed by atoms with van der Waals surface area (Å²) in [5, 5.41) is 3.17. The van der Waals surface area contributed by atoms with Gasteiger partial charge >= 0.3 is 5.97 Å². The van der Waals surface area contributed by atoms with E-state index >= 15 is 0 Å². The number of ether oxygens (including phenoxy) is 1. The molecule has 0 aliphatic carbocycles. The maximum atomic E-state index is 11.1. The van der Waals surface area contributed by atoms with Crippen LogP contribution < -0.4 is 5.32 Å². The number of carbonyl (C=O) groups excluding carboxylic acids is 1. The topological polar surface area (TPSA) is 38.3 Å². The van der Waals surface area contributed by atoms with E-state index in [0.29, 0.717) is 6.54 Å². The van der Waals surface area contributed by atoms with Crippen LogP contribution >= 0.6 is 38.9 Å². The van der Waals surface area contributed by atoms with Gasteiger partial charge in [-0.05, 0) is 18.6 Å². The predicted molar refractivity (Wildman–Crippen MR) is 70.6 cm³/mol. The largest absolute Gasteiger partial charge is 0.468 e. The third-order valence-corrected chi connectivity index (χ3v) is 3.95. The second-order valence-corrected chi connectivity index (χ2v) is 6.06. The Kier molecular flexibility index (Phi) is 6.34. The number of rotatable bonds is 6. The van der Waals surface area contributed by atoms with Gasteiger partial charge in [0.15, 0.2) is 0 Å². The van der Waals surface area contributed by atoms with Gasteiger partial charge in [0.2, 0.25) is 0 Å². The third kappa shape index (κ3) is 4.82. The lowest BCUT2D eigenvalue weighted by molar-refractivity contribution is -0.139. The Morgan fingerprint density at radius 3 is 3.00 bits per heavy atom. The van der Waals surface area contributed by atoms with Crippen LogP contribution in [0.2, 0.25) is 4.34 Å². The highest BCUT2D eigenvalue weighted by molar-refractivity contribution is 9.10. The van der Waals surface area contributed by atoms with Gasteiger partial charge < -0.3 is 10.1 Å². The molecule has 90 valence electrons. The molecular formula is C10H13BrClNO2S. The maximum absolute atomic E-state index is 11.1. The average Bonchev–Trinajstić information content (AvgIpc) is 2.69. The Hall–Kier alpha value is -0.100. The van der Waals surface area contributed by atoms with E-state index in [2.05, 4.69) is 26.0 Å². The molecule has 3 nitrogen and oxygen atoms in total. The molecule has 1 aromatic rings. The summed E-state index contributed by atoms with van der Waals surface area (Å²) in [7, 11) is 1.38. The average molecular weight is 327 g/mol. The molecule has 0 saturated carbocycles. The van der Waals surface area contributed by atoms with Gasteiger partial charge in [0.25, 0.3) is 0 Å². The molecule has 0 bridgehead atoms. The Morgan fingerprint density at radius 1 is 1.69 bits per heavy atom. The quantitative estimate of drug-likeness (QED) is 0.496. The fourth-order valence-corrected chi connectivity index (χ4v) is 2.64. The number of halogens is 2. The van der Waals surface area contributed by atoms with Crippen LogP contribution in [0.4, 0.5) is 0 Å². The number of nitrogens with one attached hydrogen (secondary N) is 1. The lowest BCUT2D eigenvalue weighted by atomic mass is 10.3. The molecule has 0 spiro atoms. The van der Waals surface area contributed by atoms with Crippen LogP contribution in [-0.4, -0.2) is 31.0 Å². The molecule has 0 saturated heterocycles. The summed E-state index contributed by atoms with van der Waals surface area (Å²) in [6.07, 6.45) is 0.915. The highest BCUT2D eigenvalue weighted by Crippen LogP contribution is 2.21. The van der Waals surface area contributed by atoms with E-state index < -0.39 is 0 Å². The molecule has 0 amide bonds. The normalized spacial score (nSPS) is 12.4. The minimum atomic E-state index is -0.288. The second kappa shape index (κ2) is 7.27. The van der Waals surface area contributed by atoms with E-state index in [0.717, 1.165) is 17.3 Å². The summed E-state index contributed by atoms with van der Waals surface area (Å²) >= 11 is 10.6. The van der Waals surface area contributed by atoms with Crippen molar-refractivity contribution in [3.8, 4) is 0 Å². The van der Waals surface area contributed by atoms with Crippen molar-refractivity contribution in [3.05, 3.63) is 21.3 Å². The smallest absolute Gasteiger partial charge is 0.320 e. The van der Waals surface area contributed by atoms with Gasteiger partial charge in [0, 0.05) is 18.0 Å². The zero-order chi connectivity index (χ0) is 12.0. The number of carbonyl (C=O) groups is 1. The molecule has 0 aliphatic heterocycles. The molecule has 1 N–H and O–H groups in total. The van der Waals surface area contributed by atoms with E-state index in [1.165, 1.54) is 12.0 Å². The number of methoxy groups -OCH3 is 1. The van der Waals surface area contributed by atoms with Crippen molar-refractivity contribution >= 4 is 44.8 Å². The van der Waals surface area contributed by atoms with E-state index in [-0.39, 0.29) is 10.8 Å². The number of thiophene rings is 1. The van der Waals surface area contributed by atoms with Gasteiger partial charge in [-0.1, -0.05) is 27.5 Å². The molecule has 1 atom stereocenters. The van der Waals surface area contributed by atoms with Gasteiger partial charge in [-0.2, -0.15) is 0 Å². The molecule has 0 fully saturated rings. The zero-order valence-corrected chi connectivity index (χ0v) is 12.0. The Morgan fingerprint density at radius 2 is 2.44 bits per heavy atom. The van der Waals surface area contributed by atoms with Crippen molar-refractivity contribution in [3.63, 3.8) is 0 Å². The van der Waals surface area contributed by atoms with Crippen LogP contribution in [0, 0.1) is 0 Å². The fraction of sp³-hybridized carbons (Fsp3) is 0.500. The van der Waals surface area contributed by atoms with Crippen LogP contribution in [0.1, 0.15) is 4.88 Å². The van der Waals surface area contributed by atoms with Crippen molar-refractivity contribution in [1.82, 2.24) is 5.32 Å². The first-order valence-electron chi connectivity index (χ1n) is 4.80. The predicted octanol–water partition coefficient (Wildman–Crippen LogP) is 2.47. The zero-order valence-electron chi connectivity index (χ0n) is 8.83. The lowest BCUT2D eigenvalue weighted by Crippen LogP contribution is -2.30. The fourth-order valence-electron chi connectivity index (χ4n) is 1.14. The molecule has 1 heterocycles. The van der Waals surface area contributed by atoms with Crippen molar-refractivity contribution in [2.75, 3.05) is 20.2 Å². The third-order valence-electron chi connectivity index (χ3n) is 1.96. The van der Waals surface area contributed by atoms with Gasteiger partial charge in [-0.3, -0.25) is 4.79 Å². The Bertz CT molecular complexity index is 345. The summed E-state index contributed by atoms with van der Waals surface area (Å²) in [5.41, 5.74) is 0. The molecule has 1 unspecified atom stereocenters. The molecule has 0 aliphatic rings. The van der Waals surface area contributed by atoms with Crippen molar-refractivity contribution in [2.24, 2.45) is 0 Å². The van der Waals surface area contributed by atoms with E-state index in [1.54, 1.807) is 11.3 Å². The van der Waals surface area contributed by atoms with Gasteiger partial charge in [-0.25, -0.2) is 0 Å². The first-order valence-corrected chi connectivity index (χ1v) is 6.91. The summed E-state index contributed by atoms with van der Waals surface area (Å²) < 4.78 is 5.40. The number of hydrogen-bond acceptors (Lipinski definition) is 4. The highest BCUT2D eigenvalue weighted by atomic mass is 79.9. The number of alkyl halides is 1. The van der Waals surface area contributed by atoms with Crippen LogP contribution in [0.5, 0.6) is 0 Å². The molecular weight excluding hydrogens is 314 g/mol. The Labute approximate surface area is 112 Å². The molecule has 6 heteroatoms. The van der Waals surface area contributed by atoms with E-state index in [9.17, 15) is 4.79 Å².